The molecule has 0 aromatic carbocycles. The van der Waals surface area contributed by atoms with Crippen molar-refractivity contribution in [2.45, 2.75) is 39.2 Å². The van der Waals surface area contributed by atoms with Gasteiger partial charge in [-0.2, -0.15) is 0 Å². The van der Waals surface area contributed by atoms with E-state index in [4.69, 9.17) is 21.9 Å². The lowest BCUT2D eigenvalue weighted by molar-refractivity contribution is 0.0194. The molecule has 1 heterocycles. The highest BCUT2D eigenvalue weighted by atomic mass is 16.6. The Kier molecular flexibility index (Phi) is 5.30. The highest BCUT2D eigenvalue weighted by molar-refractivity contribution is 5.68. The van der Waals surface area contributed by atoms with E-state index in [1.807, 2.05) is 20.8 Å². The number of piperidine rings is 1. The molecule has 0 radical (unpaired) electrons. The van der Waals surface area contributed by atoms with Gasteiger partial charge in [0.2, 0.25) is 0 Å². The van der Waals surface area contributed by atoms with Gasteiger partial charge in [0.15, 0.2) is 0 Å². The number of allylic oxidation sites excluding steroid dienone is 3. The van der Waals surface area contributed by atoms with Crippen molar-refractivity contribution in [3.05, 3.63) is 23.7 Å². The number of hydrogen-bond acceptors (Lipinski definition) is 5. The predicted octanol–water partition coefficient (Wildman–Crippen LogP) is 1.23. The van der Waals surface area contributed by atoms with E-state index in [0.717, 1.165) is 18.5 Å². The van der Waals surface area contributed by atoms with Crippen LogP contribution in [0.4, 0.5) is 4.79 Å². The molecular weight excluding hydrogens is 256 g/mol. The molecule has 1 fully saturated rings. The van der Waals surface area contributed by atoms with E-state index in [9.17, 15) is 4.79 Å². The highest BCUT2D eigenvalue weighted by Crippen LogP contribution is 2.23. The molecule has 1 aliphatic rings. The topological polar surface area (TPSA) is 108 Å². The third-order valence-electron chi connectivity index (χ3n) is 3.09. The van der Waals surface area contributed by atoms with Crippen molar-refractivity contribution in [2.24, 2.45) is 23.1 Å². The van der Waals surface area contributed by atoms with E-state index in [2.05, 4.69) is 0 Å². The van der Waals surface area contributed by atoms with Crippen LogP contribution in [-0.2, 0) is 4.74 Å². The summed E-state index contributed by atoms with van der Waals surface area (Å²) in [5.74, 6) is 0.489. The van der Waals surface area contributed by atoms with E-state index in [1.54, 1.807) is 17.1 Å². The van der Waals surface area contributed by atoms with Crippen LogP contribution >= 0.6 is 0 Å². The molecule has 0 spiro atoms. The lowest BCUT2D eigenvalue weighted by Gasteiger charge is -2.33. The Balaban J connectivity index is 2.50. The molecule has 1 amide bonds. The number of likely N-dealkylation sites (tertiary alicyclic amines) is 1. The fraction of sp³-hybridized carbons (Fsp3) is 0.643. The first kappa shape index (κ1) is 16.2. The number of ether oxygens (including phenoxy) is 1. The summed E-state index contributed by atoms with van der Waals surface area (Å²) in [6, 6.07) is 0. The van der Waals surface area contributed by atoms with Gasteiger partial charge in [-0.3, -0.25) is 0 Å². The van der Waals surface area contributed by atoms with Crippen LogP contribution in [0.15, 0.2) is 23.7 Å². The molecule has 6 heteroatoms. The minimum atomic E-state index is -0.462. The first-order chi connectivity index (χ1) is 9.19. The Morgan fingerprint density at radius 1 is 1.15 bits per heavy atom. The zero-order valence-corrected chi connectivity index (χ0v) is 12.6. The molecule has 20 heavy (non-hydrogen) atoms. The molecule has 6 N–H and O–H groups in total. The maximum absolute atomic E-state index is 11.9. The van der Waals surface area contributed by atoms with E-state index in [1.165, 1.54) is 0 Å². The number of carbonyl (C=O) groups excluding carboxylic acids is 1. The second-order valence-corrected chi connectivity index (χ2v) is 6.07. The maximum Gasteiger partial charge on any atom is 0.410 e. The summed E-state index contributed by atoms with van der Waals surface area (Å²) in [5.41, 5.74) is 17.0. The molecule has 6 nitrogen and oxygen atoms in total. The molecule has 0 unspecified atom stereocenters. The van der Waals surface area contributed by atoms with E-state index in [0.29, 0.717) is 13.1 Å². The standard InChI is InChI=1S/C14H26N4O2/c1-14(2,3)20-13(19)18-8-6-10(7-9-18)11(15)4-5-12(16)17/h4-5,10H,6-9,15-17H2,1-3H3/b11-4-. The Morgan fingerprint density at radius 3 is 2.15 bits per heavy atom. The molecule has 0 bridgehead atoms. The number of carbonyl (C=O) groups is 1. The molecule has 0 saturated carbocycles. The quantitative estimate of drug-likeness (QED) is 0.660. The third kappa shape index (κ3) is 5.42. The average molecular weight is 282 g/mol. The molecule has 1 aliphatic heterocycles. The zero-order valence-electron chi connectivity index (χ0n) is 12.6. The molecule has 0 aromatic rings. The maximum atomic E-state index is 11.9. The molecule has 114 valence electrons. The third-order valence-corrected chi connectivity index (χ3v) is 3.09. The SMILES string of the molecule is CC(C)(C)OC(=O)N1CCC(/C(N)=C/C=C(N)N)CC1. The van der Waals surface area contributed by atoms with Crippen molar-refractivity contribution in [1.29, 1.82) is 0 Å². The van der Waals surface area contributed by atoms with Gasteiger partial charge in [0.05, 0.1) is 5.82 Å². The van der Waals surface area contributed by atoms with Crippen LogP contribution in [0, 0.1) is 5.92 Å². The summed E-state index contributed by atoms with van der Waals surface area (Å²) in [5, 5.41) is 0. The van der Waals surface area contributed by atoms with Gasteiger partial charge in [0.25, 0.3) is 0 Å². The Bertz CT molecular complexity index is 398. The number of nitrogens with two attached hydrogens (primary N) is 3. The second kappa shape index (κ2) is 6.54. The Hall–Kier alpha value is -1.85. The Morgan fingerprint density at radius 2 is 1.70 bits per heavy atom. The number of hydrogen-bond donors (Lipinski definition) is 3. The zero-order chi connectivity index (χ0) is 15.3. The van der Waals surface area contributed by atoms with Crippen LogP contribution < -0.4 is 17.2 Å². The van der Waals surface area contributed by atoms with Gasteiger partial charge < -0.3 is 26.8 Å². The lowest BCUT2D eigenvalue weighted by atomic mass is 9.93. The number of nitrogens with zero attached hydrogens (tertiary/aromatic N) is 1. The van der Waals surface area contributed by atoms with Crippen molar-refractivity contribution < 1.29 is 9.53 Å². The van der Waals surface area contributed by atoms with Gasteiger partial charge in [-0.25, -0.2) is 4.79 Å². The van der Waals surface area contributed by atoms with Crippen LogP contribution in [0.2, 0.25) is 0 Å². The molecule has 0 atom stereocenters. The summed E-state index contributed by atoms with van der Waals surface area (Å²) < 4.78 is 5.35. The molecule has 1 rings (SSSR count). The van der Waals surface area contributed by atoms with Crippen LogP contribution in [0.1, 0.15) is 33.6 Å². The Labute approximate surface area is 120 Å². The van der Waals surface area contributed by atoms with Gasteiger partial charge in [0, 0.05) is 24.7 Å². The summed E-state index contributed by atoms with van der Waals surface area (Å²) in [7, 11) is 0. The van der Waals surface area contributed by atoms with Crippen LogP contribution in [0.25, 0.3) is 0 Å². The average Bonchev–Trinajstić information content (AvgIpc) is 2.34. The first-order valence-electron chi connectivity index (χ1n) is 6.85. The van der Waals surface area contributed by atoms with Gasteiger partial charge in [-0.1, -0.05) is 0 Å². The minimum Gasteiger partial charge on any atom is -0.444 e. The summed E-state index contributed by atoms with van der Waals surface area (Å²) in [6.45, 7) is 6.89. The lowest BCUT2D eigenvalue weighted by Crippen LogP contribution is -2.42. The fourth-order valence-electron chi connectivity index (χ4n) is 2.05. The van der Waals surface area contributed by atoms with Gasteiger partial charge in [0.1, 0.15) is 5.60 Å². The monoisotopic (exact) mass is 282 g/mol. The largest absolute Gasteiger partial charge is 0.444 e. The van der Waals surface area contributed by atoms with Gasteiger partial charge in [-0.05, 0) is 45.8 Å². The number of rotatable bonds is 2. The molecule has 1 saturated heterocycles. The van der Waals surface area contributed by atoms with E-state index < -0.39 is 5.60 Å². The van der Waals surface area contributed by atoms with Crippen LogP contribution in [0.3, 0.4) is 0 Å². The van der Waals surface area contributed by atoms with Gasteiger partial charge >= 0.3 is 6.09 Å². The summed E-state index contributed by atoms with van der Waals surface area (Å²) >= 11 is 0. The minimum absolute atomic E-state index is 0.235. The second-order valence-electron chi connectivity index (χ2n) is 6.07. The number of amides is 1. The van der Waals surface area contributed by atoms with Crippen molar-refractivity contribution in [1.82, 2.24) is 4.90 Å². The first-order valence-corrected chi connectivity index (χ1v) is 6.85. The van der Waals surface area contributed by atoms with E-state index >= 15 is 0 Å². The van der Waals surface area contributed by atoms with Crippen molar-refractivity contribution in [3.8, 4) is 0 Å². The summed E-state index contributed by atoms with van der Waals surface area (Å²) in [6.07, 6.45) is 4.71. The molecular formula is C14H26N4O2. The predicted molar refractivity (Wildman–Crippen MR) is 79.3 cm³/mol. The molecule has 0 aliphatic carbocycles. The van der Waals surface area contributed by atoms with Crippen LogP contribution in [-0.4, -0.2) is 29.7 Å². The van der Waals surface area contributed by atoms with E-state index in [-0.39, 0.29) is 17.8 Å². The van der Waals surface area contributed by atoms with Crippen molar-refractivity contribution in [2.75, 3.05) is 13.1 Å². The van der Waals surface area contributed by atoms with Crippen molar-refractivity contribution >= 4 is 6.09 Å². The fourth-order valence-corrected chi connectivity index (χ4v) is 2.05. The summed E-state index contributed by atoms with van der Waals surface area (Å²) in [4.78, 5) is 13.6. The molecule has 0 aromatic heterocycles. The van der Waals surface area contributed by atoms with Crippen LogP contribution in [0.5, 0.6) is 0 Å². The smallest absolute Gasteiger partial charge is 0.410 e. The van der Waals surface area contributed by atoms with Crippen molar-refractivity contribution in [3.63, 3.8) is 0 Å². The highest BCUT2D eigenvalue weighted by Gasteiger charge is 2.27. The normalized spacial score (nSPS) is 17.8. The van der Waals surface area contributed by atoms with Gasteiger partial charge in [-0.15, -0.1) is 0 Å².